The van der Waals surface area contributed by atoms with Gasteiger partial charge in [0.2, 0.25) is 0 Å². The Morgan fingerprint density at radius 2 is 2.16 bits per heavy atom. The molecule has 0 saturated heterocycles. The van der Waals surface area contributed by atoms with Crippen molar-refractivity contribution in [1.29, 1.82) is 0 Å². The molecule has 0 aliphatic rings. The van der Waals surface area contributed by atoms with E-state index >= 15 is 0 Å². The van der Waals surface area contributed by atoms with Crippen LogP contribution in [0.15, 0.2) is 18.2 Å². The molecule has 0 aromatic heterocycles. The molecular weight excluding hydrogens is 251 g/mol. The molecule has 1 aromatic rings. The maximum absolute atomic E-state index is 13.2. The maximum Gasteiger partial charge on any atom is 0.274 e. The van der Waals surface area contributed by atoms with Crippen molar-refractivity contribution < 1.29 is 14.4 Å². The van der Waals surface area contributed by atoms with E-state index in [1.165, 1.54) is 12.1 Å². The summed E-state index contributed by atoms with van der Waals surface area (Å²) < 4.78 is 13.2. The minimum absolute atomic E-state index is 0.107. The summed E-state index contributed by atoms with van der Waals surface area (Å²) in [5.41, 5.74) is 0.127. The molecule has 1 atom stereocenters. The van der Waals surface area contributed by atoms with E-state index in [0.717, 1.165) is 18.9 Å². The quantitative estimate of drug-likeness (QED) is 0.562. The molecule has 1 unspecified atom stereocenters. The number of benzene rings is 1. The van der Waals surface area contributed by atoms with Crippen molar-refractivity contribution in [3.63, 3.8) is 0 Å². The molecule has 0 aliphatic heterocycles. The molecule has 19 heavy (non-hydrogen) atoms. The smallest absolute Gasteiger partial charge is 0.274 e. The summed E-state index contributed by atoms with van der Waals surface area (Å²) in [5.74, 6) is -0.358. The van der Waals surface area contributed by atoms with Crippen LogP contribution in [-0.4, -0.2) is 23.2 Å². The Kier molecular flexibility index (Phi) is 6.21. The van der Waals surface area contributed by atoms with Gasteiger partial charge in [0.15, 0.2) is 0 Å². The fraction of sp³-hybridized carbons (Fsp3) is 0.538. The third-order valence-electron chi connectivity index (χ3n) is 2.92. The third kappa shape index (κ3) is 5.21. The lowest BCUT2D eigenvalue weighted by Gasteiger charge is -2.16. The summed E-state index contributed by atoms with van der Waals surface area (Å²) >= 11 is 0. The Bertz CT molecular complexity index is 420. The molecule has 1 rings (SSSR count). The van der Waals surface area contributed by atoms with Gasteiger partial charge in [0, 0.05) is 24.9 Å². The van der Waals surface area contributed by atoms with E-state index in [9.17, 15) is 14.5 Å². The number of non-ortho nitro benzene ring substituents is 1. The average molecular weight is 270 g/mol. The summed E-state index contributed by atoms with van der Waals surface area (Å²) in [6, 6.07) is 3.43. The van der Waals surface area contributed by atoms with Gasteiger partial charge in [-0.15, -0.1) is 0 Å². The average Bonchev–Trinajstić information content (AvgIpc) is 2.36. The fourth-order valence-corrected chi connectivity index (χ4v) is 1.98. The molecule has 1 aromatic carbocycles. The van der Waals surface area contributed by atoms with E-state index in [1.54, 1.807) is 0 Å². The van der Waals surface area contributed by atoms with Crippen molar-refractivity contribution in [2.75, 3.05) is 18.5 Å². The minimum atomic E-state index is -0.633. The van der Waals surface area contributed by atoms with E-state index in [4.69, 9.17) is 5.11 Å². The van der Waals surface area contributed by atoms with Crippen LogP contribution in [0.4, 0.5) is 15.8 Å². The summed E-state index contributed by atoms with van der Waals surface area (Å²) in [4.78, 5) is 10.0. The predicted octanol–water partition coefficient (Wildman–Crippen LogP) is 2.94. The topological polar surface area (TPSA) is 75.4 Å². The molecule has 0 saturated carbocycles. The van der Waals surface area contributed by atoms with Crippen LogP contribution in [0.1, 0.15) is 26.2 Å². The summed E-state index contributed by atoms with van der Waals surface area (Å²) in [5, 5.41) is 22.6. The van der Waals surface area contributed by atoms with Gasteiger partial charge in [0.25, 0.3) is 5.69 Å². The highest BCUT2D eigenvalue weighted by molar-refractivity contribution is 5.51. The Balaban J connectivity index is 2.67. The number of nitro groups is 1. The first kappa shape index (κ1) is 15.4. The van der Waals surface area contributed by atoms with Crippen molar-refractivity contribution in [2.24, 2.45) is 5.92 Å². The second-order valence-electron chi connectivity index (χ2n) is 4.50. The number of halogens is 1. The number of aliphatic hydroxyl groups is 1. The number of nitrogens with zero attached hydrogens (tertiary/aromatic N) is 1. The highest BCUT2D eigenvalue weighted by atomic mass is 19.1. The van der Waals surface area contributed by atoms with Crippen molar-refractivity contribution >= 4 is 11.4 Å². The summed E-state index contributed by atoms with van der Waals surface area (Å²) in [7, 11) is 0. The highest BCUT2D eigenvalue weighted by Gasteiger charge is 2.11. The van der Waals surface area contributed by atoms with E-state index < -0.39 is 10.7 Å². The molecule has 0 aliphatic carbocycles. The number of hydrogen-bond acceptors (Lipinski definition) is 4. The molecule has 0 heterocycles. The van der Waals surface area contributed by atoms with E-state index in [-0.39, 0.29) is 18.2 Å². The maximum atomic E-state index is 13.2. The van der Waals surface area contributed by atoms with E-state index in [1.807, 2.05) is 0 Å². The number of aliphatic hydroxyl groups excluding tert-OH is 1. The van der Waals surface area contributed by atoms with Gasteiger partial charge in [0.05, 0.1) is 11.0 Å². The highest BCUT2D eigenvalue weighted by Crippen LogP contribution is 2.21. The van der Waals surface area contributed by atoms with Gasteiger partial charge in [0.1, 0.15) is 5.82 Å². The Morgan fingerprint density at radius 1 is 1.42 bits per heavy atom. The van der Waals surface area contributed by atoms with Crippen LogP contribution in [0.2, 0.25) is 0 Å². The van der Waals surface area contributed by atoms with Gasteiger partial charge in [-0.3, -0.25) is 10.1 Å². The number of nitro benzene ring substituents is 1. The van der Waals surface area contributed by atoms with Crippen molar-refractivity contribution in [2.45, 2.75) is 26.2 Å². The van der Waals surface area contributed by atoms with Crippen LogP contribution in [0.3, 0.4) is 0 Å². The largest absolute Gasteiger partial charge is 0.396 e. The van der Waals surface area contributed by atoms with Gasteiger partial charge in [-0.1, -0.05) is 13.3 Å². The Labute approximate surface area is 111 Å². The lowest BCUT2D eigenvalue weighted by molar-refractivity contribution is -0.385. The number of nitrogens with one attached hydrogen (secondary N) is 1. The van der Waals surface area contributed by atoms with Crippen molar-refractivity contribution in [1.82, 2.24) is 0 Å². The summed E-state index contributed by atoms with van der Waals surface area (Å²) in [6.07, 6.45) is 2.61. The van der Waals surface area contributed by atoms with Crippen LogP contribution < -0.4 is 5.32 Å². The first-order valence-electron chi connectivity index (χ1n) is 6.36. The van der Waals surface area contributed by atoms with Gasteiger partial charge in [-0.2, -0.15) is 0 Å². The second kappa shape index (κ2) is 7.68. The molecule has 5 nitrogen and oxygen atoms in total. The molecular formula is C13H19FN2O3. The molecule has 106 valence electrons. The SMILES string of the molecule is CCCC(CCO)CNc1cc(F)cc([N+](=O)[O-])c1. The Hall–Kier alpha value is -1.69. The zero-order chi connectivity index (χ0) is 14.3. The molecule has 2 N–H and O–H groups in total. The number of anilines is 1. The van der Waals surface area contributed by atoms with Gasteiger partial charge < -0.3 is 10.4 Å². The first-order chi connectivity index (χ1) is 9.06. The number of hydrogen-bond donors (Lipinski definition) is 2. The van der Waals surface area contributed by atoms with E-state index in [0.29, 0.717) is 18.7 Å². The van der Waals surface area contributed by atoms with Crippen molar-refractivity contribution in [3.05, 3.63) is 34.1 Å². The standard InChI is InChI=1S/C13H19FN2O3/c1-2-3-10(4-5-17)9-15-12-6-11(14)7-13(8-12)16(18)19/h6-8,10,15,17H,2-5,9H2,1H3. The minimum Gasteiger partial charge on any atom is -0.396 e. The zero-order valence-corrected chi connectivity index (χ0v) is 10.9. The first-order valence-corrected chi connectivity index (χ1v) is 6.36. The zero-order valence-electron chi connectivity index (χ0n) is 10.9. The van der Waals surface area contributed by atoms with Gasteiger partial charge in [-0.25, -0.2) is 4.39 Å². The lowest BCUT2D eigenvalue weighted by atomic mass is 10.00. The molecule has 0 spiro atoms. The molecule has 0 radical (unpaired) electrons. The van der Waals surface area contributed by atoms with Gasteiger partial charge in [-0.05, 0) is 24.8 Å². The Morgan fingerprint density at radius 3 is 2.74 bits per heavy atom. The number of rotatable bonds is 8. The molecule has 0 fully saturated rings. The van der Waals surface area contributed by atoms with Gasteiger partial charge >= 0.3 is 0 Å². The lowest BCUT2D eigenvalue weighted by Crippen LogP contribution is -2.15. The van der Waals surface area contributed by atoms with Crippen LogP contribution in [-0.2, 0) is 0 Å². The van der Waals surface area contributed by atoms with Crippen molar-refractivity contribution in [3.8, 4) is 0 Å². The molecule has 0 bridgehead atoms. The van der Waals surface area contributed by atoms with Crippen LogP contribution in [0, 0.1) is 21.8 Å². The van der Waals surface area contributed by atoms with Crippen LogP contribution in [0.25, 0.3) is 0 Å². The normalized spacial score (nSPS) is 12.2. The third-order valence-corrected chi connectivity index (χ3v) is 2.92. The van der Waals surface area contributed by atoms with E-state index in [2.05, 4.69) is 12.2 Å². The monoisotopic (exact) mass is 270 g/mol. The summed E-state index contributed by atoms with van der Waals surface area (Å²) in [6.45, 7) is 2.72. The fourth-order valence-electron chi connectivity index (χ4n) is 1.98. The molecule has 6 heteroatoms. The predicted molar refractivity (Wildman–Crippen MR) is 71.6 cm³/mol. The van der Waals surface area contributed by atoms with Crippen LogP contribution in [0.5, 0.6) is 0 Å². The molecule has 0 amide bonds. The van der Waals surface area contributed by atoms with Crippen LogP contribution >= 0.6 is 0 Å². The second-order valence-corrected chi connectivity index (χ2v) is 4.50.